The summed E-state index contributed by atoms with van der Waals surface area (Å²) in [6.07, 6.45) is 7.66. The van der Waals surface area contributed by atoms with E-state index in [-0.39, 0.29) is 29.7 Å². The molecule has 1 saturated carbocycles. The van der Waals surface area contributed by atoms with Crippen molar-refractivity contribution in [3.63, 3.8) is 0 Å². The van der Waals surface area contributed by atoms with Gasteiger partial charge in [-0.3, -0.25) is 9.59 Å². The molecule has 7 heteroatoms. The van der Waals surface area contributed by atoms with Crippen molar-refractivity contribution >= 4 is 17.9 Å². The van der Waals surface area contributed by atoms with Crippen LogP contribution in [0.5, 0.6) is 0 Å². The molecule has 4 unspecified atom stereocenters. The van der Waals surface area contributed by atoms with Crippen molar-refractivity contribution in [3.05, 3.63) is 35.4 Å². The molecule has 1 aliphatic rings. The number of carbonyl (C=O) groups excluding carboxylic acids is 3. The van der Waals surface area contributed by atoms with Crippen LogP contribution in [0.1, 0.15) is 84.9 Å². The minimum Gasteiger partial charge on any atom is -0.444 e. The molecule has 0 aliphatic heterocycles. The van der Waals surface area contributed by atoms with Crippen LogP contribution in [-0.2, 0) is 14.3 Å². The van der Waals surface area contributed by atoms with Gasteiger partial charge in [0, 0.05) is 18.2 Å². The van der Waals surface area contributed by atoms with E-state index < -0.39 is 23.8 Å². The van der Waals surface area contributed by atoms with E-state index in [4.69, 9.17) is 11.2 Å². The van der Waals surface area contributed by atoms with E-state index in [1.807, 2.05) is 26.0 Å². The fraction of sp³-hybridized carbons (Fsp3) is 0.607. The number of terminal acetylenes is 1. The SMILES string of the molecule is C#Cc1ccccc1C(C(=O)NCCCC)N(C(=O)C(NC(=O)OC(C)(C)C)C(C)C)C1CC1C. The minimum absolute atomic E-state index is 0.128. The lowest BCUT2D eigenvalue weighted by atomic mass is 9.95. The van der Waals surface area contributed by atoms with Gasteiger partial charge in [-0.25, -0.2) is 4.79 Å². The molecule has 0 spiro atoms. The summed E-state index contributed by atoms with van der Waals surface area (Å²) in [5.74, 6) is 2.09. The maximum Gasteiger partial charge on any atom is 0.408 e. The topological polar surface area (TPSA) is 87.7 Å². The van der Waals surface area contributed by atoms with Gasteiger partial charge in [0.1, 0.15) is 17.7 Å². The first-order valence-corrected chi connectivity index (χ1v) is 12.6. The van der Waals surface area contributed by atoms with E-state index in [9.17, 15) is 14.4 Å². The Morgan fingerprint density at radius 3 is 2.37 bits per heavy atom. The van der Waals surface area contributed by atoms with Gasteiger partial charge in [-0.15, -0.1) is 6.42 Å². The van der Waals surface area contributed by atoms with Crippen LogP contribution in [0.25, 0.3) is 0 Å². The molecule has 1 fully saturated rings. The van der Waals surface area contributed by atoms with Crippen LogP contribution in [0.3, 0.4) is 0 Å². The van der Waals surface area contributed by atoms with E-state index in [0.29, 0.717) is 17.7 Å². The number of nitrogens with one attached hydrogen (secondary N) is 2. The number of carbonyl (C=O) groups is 3. The molecule has 1 aromatic carbocycles. The minimum atomic E-state index is -0.900. The molecule has 7 nitrogen and oxygen atoms in total. The summed E-state index contributed by atoms with van der Waals surface area (Å²) < 4.78 is 5.41. The molecule has 1 aliphatic carbocycles. The summed E-state index contributed by atoms with van der Waals surface area (Å²) >= 11 is 0. The molecule has 0 radical (unpaired) electrons. The smallest absolute Gasteiger partial charge is 0.408 e. The average molecular weight is 484 g/mol. The summed E-state index contributed by atoms with van der Waals surface area (Å²) in [6.45, 7) is 13.6. The van der Waals surface area contributed by atoms with Gasteiger partial charge in [-0.1, -0.05) is 58.2 Å². The van der Waals surface area contributed by atoms with Crippen LogP contribution < -0.4 is 10.6 Å². The lowest BCUT2D eigenvalue weighted by Gasteiger charge is -2.36. The van der Waals surface area contributed by atoms with Crippen molar-refractivity contribution in [2.75, 3.05) is 6.54 Å². The molecular weight excluding hydrogens is 442 g/mol. The van der Waals surface area contributed by atoms with Crippen LogP contribution in [-0.4, -0.2) is 47.0 Å². The number of ether oxygens (including phenoxy) is 1. The molecule has 2 N–H and O–H groups in total. The monoisotopic (exact) mass is 483 g/mol. The molecule has 35 heavy (non-hydrogen) atoms. The normalized spacial score (nSPS) is 18.7. The molecular formula is C28H41N3O4. The number of hydrogen-bond donors (Lipinski definition) is 2. The Hall–Kier alpha value is -3.01. The van der Waals surface area contributed by atoms with Crippen LogP contribution in [0.4, 0.5) is 4.79 Å². The van der Waals surface area contributed by atoms with Crippen molar-refractivity contribution in [3.8, 4) is 12.3 Å². The number of benzene rings is 1. The Kier molecular flexibility index (Phi) is 9.76. The molecule has 4 atom stereocenters. The fourth-order valence-corrected chi connectivity index (χ4v) is 4.05. The summed E-state index contributed by atoms with van der Waals surface area (Å²) in [6, 6.07) is 5.33. The van der Waals surface area contributed by atoms with Gasteiger partial charge in [-0.2, -0.15) is 0 Å². The molecule has 1 aromatic rings. The van der Waals surface area contributed by atoms with Crippen LogP contribution >= 0.6 is 0 Å². The Morgan fingerprint density at radius 1 is 1.23 bits per heavy atom. The number of hydrogen-bond acceptors (Lipinski definition) is 4. The second-order valence-corrected chi connectivity index (χ2v) is 10.7. The van der Waals surface area contributed by atoms with Crippen molar-refractivity contribution in [2.45, 2.75) is 91.5 Å². The number of amides is 3. The summed E-state index contributed by atoms with van der Waals surface area (Å²) in [4.78, 5) is 41.9. The molecule has 192 valence electrons. The predicted octanol–water partition coefficient (Wildman–Crippen LogP) is 4.41. The van der Waals surface area contributed by atoms with Gasteiger partial charge < -0.3 is 20.3 Å². The third-order valence-electron chi connectivity index (χ3n) is 6.05. The Balaban J connectivity index is 2.50. The zero-order valence-electron chi connectivity index (χ0n) is 22.2. The highest BCUT2D eigenvalue weighted by Crippen LogP contribution is 2.41. The Labute approximate surface area is 210 Å². The van der Waals surface area contributed by atoms with E-state index in [1.165, 1.54) is 0 Å². The van der Waals surface area contributed by atoms with Gasteiger partial charge in [0.05, 0.1) is 0 Å². The van der Waals surface area contributed by atoms with Crippen molar-refractivity contribution in [1.29, 1.82) is 0 Å². The summed E-state index contributed by atoms with van der Waals surface area (Å²) in [5, 5.41) is 5.75. The third kappa shape index (κ3) is 7.74. The second-order valence-electron chi connectivity index (χ2n) is 10.7. The summed E-state index contributed by atoms with van der Waals surface area (Å²) in [5.41, 5.74) is 0.471. The highest BCUT2D eigenvalue weighted by Gasteiger charge is 2.49. The van der Waals surface area contributed by atoms with E-state index in [1.54, 1.807) is 37.8 Å². The standard InChI is InChI=1S/C28H41N3O4/c1-9-11-16-29-25(32)24(21-15-13-12-14-20(21)10-2)31(22-17-19(22)5)26(33)23(18(3)4)30-27(34)35-28(6,7)8/h2,12-15,18-19,22-24H,9,11,16-17H2,1,3-8H3,(H,29,32)(H,30,34). The lowest BCUT2D eigenvalue weighted by Crippen LogP contribution is -2.56. The van der Waals surface area contributed by atoms with Gasteiger partial charge in [-0.05, 0) is 57.1 Å². The van der Waals surface area contributed by atoms with Crippen LogP contribution in [0.2, 0.25) is 0 Å². The first-order chi connectivity index (χ1) is 16.4. The maximum atomic E-state index is 14.1. The summed E-state index contributed by atoms with van der Waals surface area (Å²) in [7, 11) is 0. The molecule has 0 saturated heterocycles. The van der Waals surface area contributed by atoms with E-state index in [2.05, 4.69) is 30.4 Å². The first kappa shape index (κ1) is 28.2. The molecule has 0 heterocycles. The van der Waals surface area contributed by atoms with E-state index >= 15 is 0 Å². The third-order valence-corrected chi connectivity index (χ3v) is 6.05. The highest BCUT2D eigenvalue weighted by molar-refractivity contribution is 5.93. The van der Waals surface area contributed by atoms with Crippen LogP contribution in [0.15, 0.2) is 24.3 Å². The largest absolute Gasteiger partial charge is 0.444 e. The van der Waals surface area contributed by atoms with E-state index in [0.717, 1.165) is 19.3 Å². The zero-order valence-corrected chi connectivity index (χ0v) is 22.2. The van der Waals surface area contributed by atoms with Gasteiger partial charge in [0.25, 0.3) is 0 Å². The lowest BCUT2D eigenvalue weighted by molar-refractivity contribution is -0.144. The van der Waals surface area contributed by atoms with Crippen LogP contribution in [0, 0.1) is 24.2 Å². The van der Waals surface area contributed by atoms with Gasteiger partial charge in [0.2, 0.25) is 11.8 Å². The molecule has 3 amide bonds. The Morgan fingerprint density at radius 2 is 1.86 bits per heavy atom. The quantitative estimate of drug-likeness (QED) is 0.381. The number of alkyl carbamates (subject to hydrolysis) is 1. The predicted molar refractivity (Wildman–Crippen MR) is 137 cm³/mol. The average Bonchev–Trinajstić information content (AvgIpc) is 3.49. The molecule has 0 bridgehead atoms. The molecule has 2 rings (SSSR count). The fourth-order valence-electron chi connectivity index (χ4n) is 4.05. The van der Waals surface area contributed by atoms with Gasteiger partial charge in [0.15, 0.2) is 0 Å². The first-order valence-electron chi connectivity index (χ1n) is 12.6. The Bertz CT molecular complexity index is 944. The number of nitrogens with zero attached hydrogens (tertiary/aromatic N) is 1. The maximum absolute atomic E-state index is 14.1. The second kappa shape index (κ2) is 12.1. The van der Waals surface area contributed by atoms with Gasteiger partial charge >= 0.3 is 6.09 Å². The molecule has 0 aromatic heterocycles. The van der Waals surface area contributed by atoms with Crippen molar-refractivity contribution in [2.24, 2.45) is 11.8 Å². The van der Waals surface area contributed by atoms with Crippen molar-refractivity contribution in [1.82, 2.24) is 15.5 Å². The number of unbranched alkanes of at least 4 members (excludes halogenated alkanes) is 1. The van der Waals surface area contributed by atoms with Crippen molar-refractivity contribution < 1.29 is 19.1 Å². The number of rotatable bonds is 10. The highest BCUT2D eigenvalue weighted by atomic mass is 16.6. The zero-order chi connectivity index (χ0) is 26.3.